The number of nitrogens with zero attached hydrogens (tertiary/aromatic N) is 8. The number of hydrogen-bond donors (Lipinski definition) is 0. The number of benzene rings is 10. The van der Waals surface area contributed by atoms with Gasteiger partial charge >= 0.3 is 0 Å². The van der Waals surface area contributed by atoms with E-state index in [2.05, 4.69) is 165 Å². The number of para-hydroxylation sites is 4. The molecule has 0 amide bonds. The molecule has 2 aliphatic rings. The summed E-state index contributed by atoms with van der Waals surface area (Å²) in [5, 5.41) is 46.9. The molecule has 8 heteroatoms. The lowest BCUT2D eigenvalue weighted by Gasteiger charge is -2.34. The SMILES string of the molecule is N#Cc1ccc2cc(N3C(=C4N(c5ccc6cc(C#N)ccc6c5)c5ccccc5N4c4ccc5cc(C#N)ccc5c4)N(c4ccc5cc(C#N)ccc5c4)c4ccccc43)ccc2c1. The fraction of sp³-hybridized carbons (Fsp3) is 0. The zero-order valence-electron chi connectivity index (χ0n) is 35.1. The van der Waals surface area contributed by atoms with Crippen LogP contribution < -0.4 is 19.6 Å². The van der Waals surface area contributed by atoms with Gasteiger partial charge in [-0.25, -0.2) is 0 Å². The van der Waals surface area contributed by atoms with E-state index in [-0.39, 0.29) is 0 Å². The van der Waals surface area contributed by atoms with Crippen molar-refractivity contribution in [2.75, 3.05) is 19.6 Å². The molecule has 0 N–H and O–H groups in total. The van der Waals surface area contributed by atoms with Gasteiger partial charge in [0, 0.05) is 22.7 Å². The summed E-state index contributed by atoms with van der Waals surface area (Å²) >= 11 is 0. The van der Waals surface area contributed by atoms with E-state index in [1.807, 2.05) is 72.8 Å². The Morgan fingerprint density at radius 1 is 0.242 bits per heavy atom. The molecular weight excluding hydrogens is 809 g/mol. The molecule has 304 valence electrons. The predicted octanol–water partition coefficient (Wildman–Crippen LogP) is 14.2. The van der Waals surface area contributed by atoms with E-state index in [1.165, 1.54) is 0 Å². The van der Waals surface area contributed by atoms with E-state index in [0.717, 1.165) is 100 Å². The second kappa shape index (κ2) is 14.9. The first-order chi connectivity index (χ1) is 32.5. The van der Waals surface area contributed by atoms with Crippen molar-refractivity contribution >= 4 is 88.6 Å². The van der Waals surface area contributed by atoms with Gasteiger partial charge in [-0.05, 0) is 164 Å². The zero-order chi connectivity index (χ0) is 44.5. The van der Waals surface area contributed by atoms with Crippen molar-refractivity contribution in [1.82, 2.24) is 0 Å². The van der Waals surface area contributed by atoms with Crippen LogP contribution in [0.15, 0.2) is 206 Å². The van der Waals surface area contributed by atoms with E-state index < -0.39 is 0 Å². The van der Waals surface area contributed by atoms with E-state index in [4.69, 9.17) is 0 Å². The molecule has 8 nitrogen and oxygen atoms in total. The normalized spacial score (nSPS) is 12.9. The molecule has 66 heavy (non-hydrogen) atoms. The minimum Gasteiger partial charge on any atom is -0.291 e. The van der Waals surface area contributed by atoms with Gasteiger partial charge in [0.15, 0.2) is 11.6 Å². The summed E-state index contributed by atoms with van der Waals surface area (Å²) in [6.45, 7) is 0. The molecule has 0 bridgehead atoms. The second-order valence-electron chi connectivity index (χ2n) is 16.4. The molecule has 2 heterocycles. The van der Waals surface area contributed by atoms with Crippen LogP contribution in [0.2, 0.25) is 0 Å². The van der Waals surface area contributed by atoms with Crippen molar-refractivity contribution in [3.8, 4) is 24.3 Å². The number of anilines is 8. The van der Waals surface area contributed by atoms with Crippen molar-refractivity contribution in [3.05, 3.63) is 228 Å². The summed E-state index contributed by atoms with van der Waals surface area (Å²) in [7, 11) is 0. The van der Waals surface area contributed by atoms with E-state index in [0.29, 0.717) is 22.3 Å². The van der Waals surface area contributed by atoms with E-state index in [9.17, 15) is 21.0 Å². The highest BCUT2D eigenvalue weighted by Gasteiger charge is 2.44. The van der Waals surface area contributed by atoms with Gasteiger partial charge in [-0.1, -0.05) is 72.8 Å². The van der Waals surface area contributed by atoms with Gasteiger partial charge in [0.25, 0.3) is 0 Å². The highest BCUT2D eigenvalue weighted by Crippen LogP contribution is 2.57. The summed E-state index contributed by atoms with van der Waals surface area (Å²) < 4.78 is 0. The van der Waals surface area contributed by atoms with Crippen molar-refractivity contribution in [3.63, 3.8) is 0 Å². The molecule has 12 rings (SSSR count). The monoisotopic (exact) mass is 840 g/mol. The van der Waals surface area contributed by atoms with Gasteiger partial charge in [0.2, 0.25) is 0 Å². The molecule has 0 aromatic heterocycles. The lowest BCUT2D eigenvalue weighted by atomic mass is 10.1. The molecular formula is C58H32N8. The van der Waals surface area contributed by atoms with Crippen LogP contribution >= 0.6 is 0 Å². The van der Waals surface area contributed by atoms with Crippen molar-refractivity contribution in [2.45, 2.75) is 0 Å². The van der Waals surface area contributed by atoms with E-state index in [1.54, 1.807) is 0 Å². The third-order valence-electron chi connectivity index (χ3n) is 12.6. The Hall–Kier alpha value is -9.86. The molecule has 0 atom stereocenters. The smallest absolute Gasteiger partial charge is 0.166 e. The van der Waals surface area contributed by atoms with Crippen molar-refractivity contribution in [2.24, 2.45) is 0 Å². The summed E-state index contributed by atoms with van der Waals surface area (Å²) in [5.41, 5.74) is 9.95. The van der Waals surface area contributed by atoms with Crippen molar-refractivity contribution in [1.29, 1.82) is 21.0 Å². The van der Waals surface area contributed by atoms with Crippen LogP contribution in [0.25, 0.3) is 43.1 Å². The average Bonchev–Trinajstić information content (AvgIpc) is 3.90. The number of rotatable bonds is 4. The Bertz CT molecular complexity index is 3430. The fourth-order valence-corrected chi connectivity index (χ4v) is 9.55. The molecule has 2 aliphatic heterocycles. The Morgan fingerprint density at radius 3 is 0.682 bits per heavy atom. The lowest BCUT2D eigenvalue weighted by molar-refractivity contribution is 1.01. The highest BCUT2D eigenvalue weighted by molar-refractivity contribution is 6.04. The summed E-state index contributed by atoms with van der Waals surface area (Å²) in [5.74, 6) is 1.71. The molecule has 0 fully saturated rings. The number of nitriles is 4. The Morgan fingerprint density at radius 2 is 0.455 bits per heavy atom. The minimum absolute atomic E-state index is 0.599. The zero-order valence-corrected chi connectivity index (χ0v) is 35.1. The van der Waals surface area contributed by atoms with E-state index >= 15 is 0 Å². The highest BCUT2D eigenvalue weighted by atomic mass is 15.5. The second-order valence-corrected chi connectivity index (χ2v) is 16.4. The first-order valence-corrected chi connectivity index (χ1v) is 21.4. The molecule has 10 aromatic rings. The predicted molar refractivity (Wildman–Crippen MR) is 263 cm³/mol. The van der Waals surface area contributed by atoms with Crippen molar-refractivity contribution < 1.29 is 0 Å². The maximum absolute atomic E-state index is 9.78. The van der Waals surface area contributed by atoms with Crippen LogP contribution in [-0.2, 0) is 0 Å². The van der Waals surface area contributed by atoms with Gasteiger partial charge in [-0.15, -0.1) is 0 Å². The van der Waals surface area contributed by atoms with Crippen LogP contribution in [0.1, 0.15) is 22.3 Å². The Balaban J connectivity index is 1.21. The third kappa shape index (κ3) is 5.96. The van der Waals surface area contributed by atoms with Gasteiger partial charge < -0.3 is 0 Å². The molecule has 10 aromatic carbocycles. The average molecular weight is 841 g/mol. The Labute approximate surface area is 380 Å². The van der Waals surface area contributed by atoms with Crippen LogP contribution in [0.4, 0.5) is 45.5 Å². The van der Waals surface area contributed by atoms with Crippen LogP contribution in [0, 0.1) is 45.3 Å². The summed E-state index contributed by atoms with van der Waals surface area (Å²) in [4.78, 5) is 9.32. The Kier molecular flexibility index (Phi) is 8.55. The summed E-state index contributed by atoms with van der Waals surface area (Å²) in [6.07, 6.45) is 0. The third-order valence-corrected chi connectivity index (χ3v) is 12.6. The minimum atomic E-state index is 0.599. The van der Waals surface area contributed by atoms with Crippen LogP contribution in [-0.4, -0.2) is 0 Å². The number of fused-ring (bicyclic) bond motifs is 6. The van der Waals surface area contributed by atoms with Gasteiger partial charge in [-0.3, -0.25) is 19.6 Å². The van der Waals surface area contributed by atoms with Crippen LogP contribution in [0.5, 0.6) is 0 Å². The maximum Gasteiger partial charge on any atom is 0.166 e. The lowest BCUT2D eigenvalue weighted by Crippen LogP contribution is -2.33. The quantitative estimate of drug-likeness (QED) is 0.172. The summed E-state index contributed by atoms with van der Waals surface area (Å²) in [6, 6.07) is 74.8. The molecule has 0 unspecified atom stereocenters. The first kappa shape index (κ1) is 37.9. The van der Waals surface area contributed by atoms with Gasteiger partial charge in [-0.2, -0.15) is 21.0 Å². The molecule has 0 aliphatic carbocycles. The number of hydrogen-bond acceptors (Lipinski definition) is 8. The molecule has 0 spiro atoms. The standard InChI is InChI=1S/C58H32N8/c59-33-37-9-13-45-29-49(21-17-41(45)25-37)63-53-5-1-2-6-54(53)64(50-22-18-42-26-38(34-60)10-14-46(42)30-50)57(63)58-65(51-23-19-43-27-39(35-61)11-15-47(43)31-51)55-7-3-4-8-56(55)66(58)52-24-20-44-28-40(36-62)12-16-48(44)32-52/h1-32H. The molecule has 0 saturated heterocycles. The topological polar surface area (TPSA) is 108 Å². The van der Waals surface area contributed by atoms with Gasteiger partial charge in [0.05, 0.1) is 69.3 Å². The van der Waals surface area contributed by atoms with Crippen LogP contribution in [0.3, 0.4) is 0 Å². The first-order valence-electron chi connectivity index (χ1n) is 21.4. The fourth-order valence-electron chi connectivity index (χ4n) is 9.55. The molecule has 0 saturated carbocycles. The largest absolute Gasteiger partial charge is 0.291 e. The molecule has 0 radical (unpaired) electrons. The van der Waals surface area contributed by atoms with Gasteiger partial charge in [0.1, 0.15) is 0 Å². The maximum atomic E-state index is 9.78.